The summed E-state index contributed by atoms with van der Waals surface area (Å²) in [5.74, 6) is -0.0345. The smallest absolute Gasteiger partial charge is 0.299 e. The van der Waals surface area contributed by atoms with E-state index in [-0.39, 0.29) is 18.5 Å². The van der Waals surface area contributed by atoms with Crippen LogP contribution in [0.5, 0.6) is 0 Å². The second kappa shape index (κ2) is 8.85. The van der Waals surface area contributed by atoms with Gasteiger partial charge in [0.05, 0.1) is 6.54 Å². The van der Waals surface area contributed by atoms with E-state index in [1.165, 1.54) is 0 Å². The Morgan fingerprint density at radius 2 is 1.93 bits per heavy atom. The van der Waals surface area contributed by atoms with Gasteiger partial charge in [-0.15, -0.1) is 0 Å². The van der Waals surface area contributed by atoms with Gasteiger partial charge in [-0.25, -0.2) is 18.1 Å². The lowest BCUT2D eigenvalue weighted by Crippen LogP contribution is -2.53. The maximum Gasteiger partial charge on any atom is 0.299 e. The number of amidine groups is 1. The predicted octanol–water partition coefficient (Wildman–Crippen LogP) is 3.74. The minimum absolute atomic E-state index is 0.0138. The second-order valence-corrected chi connectivity index (χ2v) is 10.2. The quantitative estimate of drug-likeness (QED) is 0.658. The van der Waals surface area contributed by atoms with Crippen molar-refractivity contribution < 1.29 is 18.3 Å². The number of benzene rings is 2. The molecule has 0 saturated carbocycles. The molecule has 1 aliphatic heterocycles. The van der Waals surface area contributed by atoms with Crippen LogP contribution in [-0.4, -0.2) is 38.3 Å². The molecule has 1 fully saturated rings. The molecule has 29 heavy (non-hydrogen) atoms. The fraction of sp³-hybridized carbons (Fsp3) is 0.381. The number of aliphatic imine (C=N–C) groups is 1. The van der Waals surface area contributed by atoms with Crippen LogP contribution in [0.1, 0.15) is 42.6 Å². The molecule has 8 heteroatoms. The van der Waals surface area contributed by atoms with Crippen molar-refractivity contribution in [2.75, 3.05) is 13.2 Å². The molecule has 2 aromatic rings. The van der Waals surface area contributed by atoms with E-state index in [1.54, 1.807) is 32.0 Å². The molecule has 0 aliphatic carbocycles. The average molecular weight is 481 g/mol. The molecule has 6 nitrogen and oxygen atoms in total. The number of ether oxygens (including phenoxy) is 1. The highest BCUT2D eigenvalue weighted by Crippen LogP contribution is 2.39. The molecule has 156 valence electrons. The lowest BCUT2D eigenvalue weighted by Gasteiger charge is -2.39. The first-order chi connectivity index (χ1) is 13.7. The first kappa shape index (κ1) is 21.8. The van der Waals surface area contributed by atoms with Gasteiger partial charge in [0.2, 0.25) is 10.0 Å². The number of aliphatic hydroxyl groups is 1. The number of nitrogens with one attached hydrogen (secondary N) is 1. The molecule has 1 aliphatic rings. The van der Waals surface area contributed by atoms with Crippen LogP contribution in [-0.2, 0) is 14.8 Å². The standard InChI is InChI=1S/C21H25BrN2O4S/c1-21(2)19(16-9-6-10-18(22)13-16)29(26,27)24-20(28-21)23-14-17(11-12-25)15-7-4-3-5-8-15/h3-10,13,17,19,25H,11-12,14H2,1-2H3,(H,23,24). The molecule has 0 radical (unpaired) electrons. The highest BCUT2D eigenvalue weighted by molar-refractivity contribution is 9.10. The van der Waals surface area contributed by atoms with Gasteiger partial charge in [-0.05, 0) is 43.5 Å². The summed E-state index contributed by atoms with van der Waals surface area (Å²) in [5, 5.41) is 8.51. The van der Waals surface area contributed by atoms with Gasteiger partial charge in [0.1, 0.15) is 10.9 Å². The van der Waals surface area contributed by atoms with Crippen LogP contribution >= 0.6 is 15.9 Å². The summed E-state index contributed by atoms with van der Waals surface area (Å²) in [6.07, 6.45) is 0.525. The summed E-state index contributed by atoms with van der Waals surface area (Å²) >= 11 is 3.39. The topological polar surface area (TPSA) is 88.0 Å². The predicted molar refractivity (Wildman–Crippen MR) is 117 cm³/mol. The fourth-order valence-electron chi connectivity index (χ4n) is 3.63. The Labute approximate surface area is 180 Å². The lowest BCUT2D eigenvalue weighted by molar-refractivity contribution is 0.0765. The molecule has 0 spiro atoms. The zero-order valence-electron chi connectivity index (χ0n) is 16.4. The number of hydrogen-bond donors (Lipinski definition) is 2. The third kappa shape index (κ3) is 5.18. The van der Waals surface area contributed by atoms with Gasteiger partial charge >= 0.3 is 0 Å². The highest BCUT2D eigenvalue weighted by atomic mass is 79.9. The normalized spacial score (nSPS) is 22.5. The van der Waals surface area contributed by atoms with Crippen LogP contribution in [0, 0.1) is 0 Å². The van der Waals surface area contributed by atoms with E-state index >= 15 is 0 Å². The third-order valence-corrected chi connectivity index (χ3v) is 7.30. The van der Waals surface area contributed by atoms with Gasteiger partial charge in [-0.3, -0.25) is 0 Å². The summed E-state index contributed by atoms with van der Waals surface area (Å²) in [4.78, 5) is 4.40. The Morgan fingerprint density at radius 1 is 1.21 bits per heavy atom. The fourth-order valence-corrected chi connectivity index (χ4v) is 5.81. The average Bonchev–Trinajstić information content (AvgIpc) is 2.64. The first-order valence-corrected chi connectivity index (χ1v) is 11.7. The van der Waals surface area contributed by atoms with E-state index in [0.717, 1.165) is 10.0 Å². The maximum absolute atomic E-state index is 13.0. The Balaban J connectivity index is 1.85. The van der Waals surface area contributed by atoms with Crippen molar-refractivity contribution in [3.63, 3.8) is 0 Å². The second-order valence-electron chi connectivity index (χ2n) is 7.55. The van der Waals surface area contributed by atoms with E-state index in [9.17, 15) is 13.5 Å². The Morgan fingerprint density at radius 3 is 2.55 bits per heavy atom. The van der Waals surface area contributed by atoms with Gasteiger partial charge < -0.3 is 9.84 Å². The largest absolute Gasteiger partial charge is 0.457 e. The number of hydrogen-bond acceptors (Lipinski definition) is 5. The molecular formula is C21H25BrN2O4S. The van der Waals surface area contributed by atoms with Crippen molar-refractivity contribution in [1.82, 2.24) is 4.72 Å². The van der Waals surface area contributed by atoms with Crippen molar-refractivity contribution in [2.45, 2.75) is 37.0 Å². The van der Waals surface area contributed by atoms with E-state index in [2.05, 4.69) is 25.6 Å². The highest BCUT2D eigenvalue weighted by Gasteiger charge is 2.48. The van der Waals surface area contributed by atoms with E-state index in [4.69, 9.17) is 4.74 Å². The van der Waals surface area contributed by atoms with Gasteiger partial charge in [0.25, 0.3) is 6.02 Å². The minimum Gasteiger partial charge on any atom is -0.457 e. The number of halogens is 1. The summed E-state index contributed by atoms with van der Waals surface area (Å²) in [6.45, 7) is 3.82. The molecular weight excluding hydrogens is 456 g/mol. The number of rotatable bonds is 6. The van der Waals surface area contributed by atoms with E-state index in [1.807, 2.05) is 36.4 Å². The molecule has 1 heterocycles. The van der Waals surface area contributed by atoms with Gasteiger partial charge in [0, 0.05) is 17.0 Å². The lowest BCUT2D eigenvalue weighted by atomic mass is 9.96. The van der Waals surface area contributed by atoms with Gasteiger partial charge in [0.15, 0.2) is 0 Å². The molecule has 3 rings (SSSR count). The van der Waals surface area contributed by atoms with E-state index in [0.29, 0.717) is 18.5 Å². The van der Waals surface area contributed by atoms with Crippen molar-refractivity contribution in [2.24, 2.45) is 4.99 Å². The third-order valence-electron chi connectivity index (χ3n) is 4.89. The molecule has 0 amide bonds. The van der Waals surface area contributed by atoms with Crippen LogP contribution in [0.15, 0.2) is 64.1 Å². The zero-order chi connectivity index (χ0) is 21.1. The van der Waals surface area contributed by atoms with Crippen LogP contribution < -0.4 is 4.72 Å². The first-order valence-electron chi connectivity index (χ1n) is 9.39. The van der Waals surface area contributed by atoms with Gasteiger partial charge in [-0.2, -0.15) is 0 Å². The van der Waals surface area contributed by atoms with E-state index < -0.39 is 20.9 Å². The minimum atomic E-state index is -3.75. The monoisotopic (exact) mass is 480 g/mol. The SMILES string of the molecule is CC1(C)OC(=NCC(CCO)c2ccccc2)NS(=O)(=O)C1c1cccc(Br)c1. The van der Waals surface area contributed by atoms with Crippen LogP contribution in [0.25, 0.3) is 0 Å². The van der Waals surface area contributed by atoms with Crippen molar-refractivity contribution in [1.29, 1.82) is 0 Å². The molecule has 2 aromatic carbocycles. The van der Waals surface area contributed by atoms with Crippen molar-refractivity contribution in [3.8, 4) is 0 Å². The van der Waals surface area contributed by atoms with Crippen LogP contribution in [0.4, 0.5) is 0 Å². The number of aliphatic hydroxyl groups excluding tert-OH is 1. The molecule has 2 N–H and O–H groups in total. The summed E-state index contributed by atoms with van der Waals surface area (Å²) in [6, 6.07) is 16.9. The Bertz CT molecular complexity index is 977. The number of nitrogens with zero attached hydrogens (tertiary/aromatic N) is 1. The summed E-state index contributed by atoms with van der Waals surface area (Å²) < 4.78 is 35.3. The molecule has 0 bridgehead atoms. The van der Waals surface area contributed by atoms with Crippen LogP contribution in [0.2, 0.25) is 0 Å². The molecule has 2 unspecified atom stereocenters. The Kier molecular flexibility index (Phi) is 6.65. The van der Waals surface area contributed by atoms with Gasteiger partial charge in [-0.1, -0.05) is 58.4 Å². The number of sulfonamides is 1. The summed E-state index contributed by atoms with van der Waals surface area (Å²) in [5.41, 5.74) is 0.664. The Hall–Kier alpha value is -1.90. The maximum atomic E-state index is 13.0. The zero-order valence-corrected chi connectivity index (χ0v) is 18.8. The molecule has 1 saturated heterocycles. The van der Waals surface area contributed by atoms with Crippen LogP contribution in [0.3, 0.4) is 0 Å². The molecule has 2 atom stereocenters. The van der Waals surface area contributed by atoms with Crippen molar-refractivity contribution >= 4 is 32.0 Å². The van der Waals surface area contributed by atoms with Crippen molar-refractivity contribution in [3.05, 3.63) is 70.2 Å². The summed E-state index contributed by atoms with van der Waals surface area (Å²) in [7, 11) is -3.75. The molecule has 0 aromatic heterocycles.